The number of aromatic nitrogens is 2. The Hall–Kier alpha value is -2.25. The number of carbonyl (C=O) groups is 1. The second kappa shape index (κ2) is 7.97. The van der Waals surface area contributed by atoms with Crippen LogP contribution in [0.25, 0.3) is 11.3 Å². The summed E-state index contributed by atoms with van der Waals surface area (Å²) in [6.07, 6.45) is 4.26. The number of amides is 1. The predicted octanol–water partition coefficient (Wildman–Crippen LogP) is 1.99. The normalized spacial score (nSPS) is 20.5. The van der Waals surface area contributed by atoms with Crippen LogP contribution < -0.4 is 5.73 Å². The summed E-state index contributed by atoms with van der Waals surface area (Å²) in [5.74, 6) is -0.177. The third-order valence-corrected chi connectivity index (χ3v) is 5.35. The molecule has 2 atom stereocenters. The van der Waals surface area contributed by atoms with Gasteiger partial charge in [-0.2, -0.15) is 5.10 Å². The lowest BCUT2D eigenvalue weighted by atomic mass is 10.1. The second-order valence-corrected chi connectivity index (χ2v) is 7.02. The Balaban J connectivity index is 1.63. The number of benzene rings is 1. The summed E-state index contributed by atoms with van der Waals surface area (Å²) in [5.41, 5.74) is 8.35. The molecule has 7 heteroatoms. The van der Waals surface area contributed by atoms with Crippen molar-refractivity contribution < 1.29 is 9.18 Å². The van der Waals surface area contributed by atoms with Crippen LogP contribution in [0, 0.1) is 5.82 Å². The summed E-state index contributed by atoms with van der Waals surface area (Å²) in [6, 6.07) is 6.86. The second-order valence-electron chi connectivity index (χ2n) is 7.02. The number of likely N-dealkylation sites (N-methyl/N-ethyl adjacent to an activating group) is 1. The van der Waals surface area contributed by atoms with Crippen LogP contribution in [0.2, 0.25) is 0 Å². The molecule has 140 valence electrons. The van der Waals surface area contributed by atoms with E-state index in [2.05, 4.69) is 15.1 Å². The van der Waals surface area contributed by atoms with E-state index in [1.807, 2.05) is 7.05 Å². The van der Waals surface area contributed by atoms with E-state index in [9.17, 15) is 9.18 Å². The van der Waals surface area contributed by atoms with E-state index in [4.69, 9.17) is 5.73 Å². The highest BCUT2D eigenvalue weighted by molar-refractivity contribution is 5.77. The zero-order chi connectivity index (χ0) is 18.7. The van der Waals surface area contributed by atoms with Crippen molar-refractivity contribution in [2.24, 2.45) is 5.73 Å². The molecule has 26 heavy (non-hydrogen) atoms. The third kappa shape index (κ3) is 3.94. The van der Waals surface area contributed by atoms with E-state index in [0.29, 0.717) is 25.6 Å². The molecule has 1 aliphatic heterocycles. The fraction of sp³-hybridized carbons (Fsp3) is 0.474. The van der Waals surface area contributed by atoms with E-state index >= 15 is 0 Å². The fourth-order valence-electron chi connectivity index (χ4n) is 3.62. The van der Waals surface area contributed by atoms with Gasteiger partial charge in [0.25, 0.3) is 0 Å². The number of likely N-dealkylation sites (tertiary alicyclic amines) is 1. The molecule has 1 aromatic heterocycles. The maximum atomic E-state index is 13.1. The maximum Gasteiger partial charge on any atom is 0.224 e. The molecule has 1 fully saturated rings. The van der Waals surface area contributed by atoms with Crippen LogP contribution in [0.1, 0.15) is 24.8 Å². The molecule has 1 saturated heterocycles. The molecule has 0 radical (unpaired) electrons. The lowest BCUT2D eigenvalue weighted by Gasteiger charge is -2.26. The number of carbonyl (C=O) groups excluding carboxylic acids is 1. The van der Waals surface area contributed by atoms with E-state index in [0.717, 1.165) is 29.7 Å². The molecule has 3 N–H and O–H groups in total. The smallest absolute Gasteiger partial charge is 0.224 e. The van der Waals surface area contributed by atoms with Gasteiger partial charge in [-0.3, -0.25) is 14.8 Å². The minimum absolute atomic E-state index is 0.103. The quantitative estimate of drug-likeness (QED) is 0.827. The van der Waals surface area contributed by atoms with Crippen LogP contribution in [0.3, 0.4) is 0 Å². The van der Waals surface area contributed by atoms with Crippen LogP contribution >= 0.6 is 0 Å². The van der Waals surface area contributed by atoms with Crippen LogP contribution in [0.15, 0.2) is 30.5 Å². The number of H-pyrrole nitrogens is 1. The summed E-state index contributed by atoms with van der Waals surface area (Å²) in [6.45, 7) is 1.09. The summed E-state index contributed by atoms with van der Waals surface area (Å²) in [7, 11) is 3.85. The monoisotopic (exact) mass is 359 g/mol. The SMILES string of the molecule is CN(Cc1cn[nH]c1-c1ccc(F)cc1)C(=O)C[C@@H]1CC[C@H](CN)N1C. The topological polar surface area (TPSA) is 78.2 Å². The van der Waals surface area contributed by atoms with E-state index in [-0.39, 0.29) is 17.8 Å². The molecule has 2 aromatic rings. The molecular formula is C19H26FN5O. The Labute approximate surface area is 153 Å². The van der Waals surface area contributed by atoms with Crippen molar-refractivity contribution in [3.63, 3.8) is 0 Å². The number of rotatable bonds is 6. The zero-order valence-electron chi connectivity index (χ0n) is 15.3. The third-order valence-electron chi connectivity index (χ3n) is 5.35. The van der Waals surface area contributed by atoms with Gasteiger partial charge in [0.2, 0.25) is 5.91 Å². The molecule has 1 aromatic carbocycles. The Morgan fingerprint density at radius 2 is 2.04 bits per heavy atom. The number of hydrogen-bond acceptors (Lipinski definition) is 4. The maximum absolute atomic E-state index is 13.1. The number of aromatic amines is 1. The van der Waals surface area contributed by atoms with Crippen LogP contribution in [-0.2, 0) is 11.3 Å². The largest absolute Gasteiger partial charge is 0.341 e. The zero-order valence-corrected chi connectivity index (χ0v) is 15.3. The predicted molar refractivity (Wildman–Crippen MR) is 98.7 cm³/mol. The van der Waals surface area contributed by atoms with Crippen molar-refractivity contribution in [1.29, 1.82) is 0 Å². The van der Waals surface area contributed by atoms with Crippen molar-refractivity contribution in [3.05, 3.63) is 41.8 Å². The van der Waals surface area contributed by atoms with Gasteiger partial charge in [-0.05, 0) is 44.2 Å². The first-order valence-electron chi connectivity index (χ1n) is 8.93. The Bertz CT molecular complexity index is 745. The number of halogens is 1. The molecule has 0 saturated carbocycles. The molecule has 0 unspecified atom stereocenters. The van der Waals surface area contributed by atoms with Gasteiger partial charge in [0.05, 0.1) is 11.9 Å². The molecule has 1 amide bonds. The average molecular weight is 359 g/mol. The minimum atomic E-state index is -0.279. The van der Waals surface area contributed by atoms with Gasteiger partial charge < -0.3 is 10.6 Å². The van der Waals surface area contributed by atoms with Gasteiger partial charge in [-0.25, -0.2) is 4.39 Å². The number of hydrogen-bond donors (Lipinski definition) is 2. The van der Waals surface area contributed by atoms with Crippen LogP contribution in [-0.4, -0.2) is 58.6 Å². The van der Waals surface area contributed by atoms with Crippen molar-refractivity contribution in [3.8, 4) is 11.3 Å². The highest BCUT2D eigenvalue weighted by Gasteiger charge is 2.31. The van der Waals surface area contributed by atoms with Crippen molar-refractivity contribution >= 4 is 5.91 Å². The summed E-state index contributed by atoms with van der Waals surface area (Å²) < 4.78 is 13.1. The molecule has 3 rings (SSSR count). The van der Waals surface area contributed by atoms with Crippen LogP contribution in [0.4, 0.5) is 4.39 Å². The van der Waals surface area contributed by atoms with Gasteiger partial charge in [-0.15, -0.1) is 0 Å². The van der Waals surface area contributed by atoms with Crippen molar-refractivity contribution in [2.75, 3.05) is 20.6 Å². The number of nitrogens with one attached hydrogen (secondary N) is 1. The molecule has 6 nitrogen and oxygen atoms in total. The average Bonchev–Trinajstić information content (AvgIpc) is 3.22. The lowest BCUT2D eigenvalue weighted by Crippen LogP contribution is -2.39. The Morgan fingerprint density at radius 3 is 2.69 bits per heavy atom. The van der Waals surface area contributed by atoms with Gasteiger partial charge >= 0.3 is 0 Å². The Kier molecular flexibility index (Phi) is 5.68. The first-order chi connectivity index (χ1) is 12.5. The molecule has 2 heterocycles. The molecule has 0 bridgehead atoms. The van der Waals surface area contributed by atoms with Gasteiger partial charge in [-0.1, -0.05) is 0 Å². The molecule has 1 aliphatic rings. The number of nitrogens with zero attached hydrogens (tertiary/aromatic N) is 3. The fourth-order valence-corrected chi connectivity index (χ4v) is 3.62. The van der Waals surface area contributed by atoms with Gasteiger partial charge in [0, 0.05) is 49.8 Å². The van der Waals surface area contributed by atoms with Crippen molar-refractivity contribution in [1.82, 2.24) is 20.0 Å². The van der Waals surface area contributed by atoms with E-state index in [1.54, 1.807) is 30.3 Å². The first-order valence-corrected chi connectivity index (χ1v) is 8.93. The lowest BCUT2D eigenvalue weighted by molar-refractivity contribution is -0.131. The summed E-state index contributed by atoms with van der Waals surface area (Å²) in [4.78, 5) is 16.6. The summed E-state index contributed by atoms with van der Waals surface area (Å²) in [5, 5.41) is 7.04. The molecule has 0 aliphatic carbocycles. The van der Waals surface area contributed by atoms with Crippen LogP contribution in [0.5, 0.6) is 0 Å². The molecule has 0 spiro atoms. The number of nitrogens with two attached hydrogens (primary N) is 1. The van der Waals surface area contributed by atoms with E-state index in [1.165, 1.54) is 12.1 Å². The van der Waals surface area contributed by atoms with Gasteiger partial charge in [0.15, 0.2) is 0 Å². The molecular weight excluding hydrogens is 333 g/mol. The summed E-state index contributed by atoms with van der Waals surface area (Å²) >= 11 is 0. The van der Waals surface area contributed by atoms with Crippen molar-refractivity contribution in [2.45, 2.75) is 37.9 Å². The minimum Gasteiger partial charge on any atom is -0.341 e. The highest BCUT2D eigenvalue weighted by atomic mass is 19.1. The van der Waals surface area contributed by atoms with E-state index < -0.39 is 0 Å². The van der Waals surface area contributed by atoms with Gasteiger partial charge in [0.1, 0.15) is 5.82 Å². The highest BCUT2D eigenvalue weighted by Crippen LogP contribution is 2.26. The first kappa shape index (κ1) is 18.5. The standard InChI is InChI=1S/C19H26FN5O/c1-24(18(26)9-16-7-8-17(10-21)25(16)2)12-14-11-22-23-19(14)13-3-5-15(20)6-4-13/h3-6,11,16-17H,7-10,12,21H2,1-2H3,(H,22,23)/t16-,17+/m0/s1. The Morgan fingerprint density at radius 1 is 1.35 bits per heavy atom.